The van der Waals surface area contributed by atoms with Crippen LogP contribution < -0.4 is 0 Å². The first-order chi connectivity index (χ1) is 10.5. The number of aromatic nitrogens is 1. The Bertz CT molecular complexity index is 644. The number of nitrogens with one attached hydrogen (secondary N) is 1. The van der Waals surface area contributed by atoms with Gasteiger partial charge in [0.1, 0.15) is 16.7 Å². The summed E-state index contributed by atoms with van der Waals surface area (Å²) in [5.41, 5.74) is 0.166. The van der Waals surface area contributed by atoms with Gasteiger partial charge in [0, 0.05) is 19.3 Å². The quantitative estimate of drug-likeness (QED) is 0.814. The van der Waals surface area contributed by atoms with Gasteiger partial charge in [0.05, 0.1) is 13.2 Å². The van der Waals surface area contributed by atoms with Gasteiger partial charge in [-0.25, -0.2) is 13.2 Å². The van der Waals surface area contributed by atoms with Gasteiger partial charge in [-0.1, -0.05) is 0 Å². The molecule has 2 heterocycles. The van der Waals surface area contributed by atoms with Gasteiger partial charge in [-0.05, 0) is 31.7 Å². The number of rotatable bonds is 5. The van der Waals surface area contributed by atoms with Crippen LogP contribution in [0.3, 0.4) is 0 Å². The molecule has 8 heteroatoms. The maximum absolute atomic E-state index is 12.5. The van der Waals surface area contributed by atoms with Gasteiger partial charge in [-0.3, -0.25) is 0 Å². The zero-order chi connectivity index (χ0) is 15.7. The average Bonchev–Trinajstić information content (AvgIpc) is 3.24. The van der Waals surface area contributed by atoms with Crippen LogP contribution in [-0.4, -0.2) is 56.1 Å². The molecule has 0 bridgehead atoms. The Kier molecular flexibility index (Phi) is 4.24. The lowest BCUT2D eigenvalue weighted by atomic mass is 10.3. The fourth-order valence-electron chi connectivity index (χ4n) is 2.47. The van der Waals surface area contributed by atoms with Gasteiger partial charge in [0.25, 0.3) is 0 Å². The first-order valence-corrected chi connectivity index (χ1v) is 8.90. The molecule has 1 aromatic rings. The Hall–Kier alpha value is -1.38. The van der Waals surface area contributed by atoms with Crippen LogP contribution in [0, 0.1) is 5.92 Å². The van der Waals surface area contributed by atoms with E-state index in [2.05, 4.69) is 4.98 Å². The number of nitrogens with zero attached hydrogens (tertiary/aromatic N) is 1. The van der Waals surface area contributed by atoms with Gasteiger partial charge >= 0.3 is 5.97 Å². The van der Waals surface area contributed by atoms with E-state index in [1.54, 1.807) is 0 Å². The van der Waals surface area contributed by atoms with Crippen molar-refractivity contribution in [2.75, 3.05) is 26.3 Å². The second-order valence-electron chi connectivity index (χ2n) is 5.71. The van der Waals surface area contributed by atoms with Crippen molar-refractivity contribution in [1.29, 1.82) is 0 Å². The Morgan fingerprint density at radius 1 is 1.41 bits per heavy atom. The van der Waals surface area contributed by atoms with Crippen LogP contribution in [0.5, 0.6) is 0 Å². The van der Waals surface area contributed by atoms with Crippen molar-refractivity contribution in [1.82, 2.24) is 9.29 Å². The van der Waals surface area contributed by atoms with E-state index < -0.39 is 16.0 Å². The van der Waals surface area contributed by atoms with E-state index in [4.69, 9.17) is 9.47 Å². The minimum Gasteiger partial charge on any atom is -0.458 e. The molecule has 1 aliphatic carbocycles. The number of carbonyl (C=O) groups is 1. The molecular weight excluding hydrogens is 308 g/mol. The van der Waals surface area contributed by atoms with Crippen molar-refractivity contribution in [3.8, 4) is 0 Å². The molecule has 1 saturated heterocycles. The van der Waals surface area contributed by atoms with E-state index in [1.165, 1.54) is 16.6 Å². The predicted molar refractivity (Wildman–Crippen MR) is 78.0 cm³/mol. The second-order valence-corrected chi connectivity index (χ2v) is 7.65. The summed E-state index contributed by atoms with van der Waals surface area (Å²) >= 11 is 0. The minimum atomic E-state index is -3.59. The lowest BCUT2D eigenvalue weighted by Crippen LogP contribution is -2.40. The van der Waals surface area contributed by atoms with Crippen molar-refractivity contribution < 1.29 is 22.7 Å². The van der Waals surface area contributed by atoms with E-state index >= 15 is 0 Å². The molecule has 2 fully saturated rings. The molecule has 3 rings (SSSR count). The number of sulfonamides is 1. The lowest BCUT2D eigenvalue weighted by Gasteiger charge is -2.25. The summed E-state index contributed by atoms with van der Waals surface area (Å²) in [6.45, 7) is 3.29. The third kappa shape index (κ3) is 3.18. The minimum absolute atomic E-state index is 0.0837. The molecule has 0 radical (unpaired) electrons. The summed E-state index contributed by atoms with van der Waals surface area (Å²) in [5, 5.41) is 0. The van der Waals surface area contributed by atoms with Crippen LogP contribution >= 0.6 is 0 Å². The highest BCUT2D eigenvalue weighted by atomic mass is 32.2. The van der Waals surface area contributed by atoms with Crippen molar-refractivity contribution in [3.63, 3.8) is 0 Å². The van der Waals surface area contributed by atoms with E-state index in [1.807, 2.05) is 6.92 Å². The Labute approximate surface area is 129 Å². The predicted octanol–water partition coefficient (Wildman–Crippen LogP) is 0.991. The smallest absolute Gasteiger partial charge is 0.355 e. The number of aromatic amines is 1. The highest BCUT2D eigenvalue weighted by molar-refractivity contribution is 7.89. The molecular formula is C14H20N2O5S. The molecule has 1 aromatic heterocycles. The largest absolute Gasteiger partial charge is 0.458 e. The number of esters is 1. The normalized spacial score (nSPS) is 21.5. The van der Waals surface area contributed by atoms with Gasteiger partial charge in [-0.2, -0.15) is 4.31 Å². The Balaban J connectivity index is 1.70. The van der Waals surface area contributed by atoms with Crippen molar-refractivity contribution in [3.05, 3.63) is 18.0 Å². The molecule has 0 spiro atoms. The Morgan fingerprint density at radius 3 is 2.73 bits per heavy atom. The highest BCUT2D eigenvalue weighted by Crippen LogP contribution is 2.34. The molecule has 1 saturated carbocycles. The van der Waals surface area contributed by atoms with Crippen molar-refractivity contribution in [2.24, 2.45) is 5.92 Å². The van der Waals surface area contributed by atoms with Crippen LogP contribution in [-0.2, 0) is 19.5 Å². The summed E-state index contributed by atoms with van der Waals surface area (Å²) in [5.74, 6) is -0.0710. The third-order valence-corrected chi connectivity index (χ3v) is 5.94. The average molecular weight is 328 g/mol. The van der Waals surface area contributed by atoms with Gasteiger partial charge in [0.15, 0.2) is 0 Å². The molecule has 1 unspecified atom stereocenters. The zero-order valence-corrected chi connectivity index (χ0v) is 13.3. The monoisotopic (exact) mass is 328 g/mol. The molecule has 22 heavy (non-hydrogen) atoms. The van der Waals surface area contributed by atoms with E-state index in [-0.39, 0.29) is 16.7 Å². The molecule has 122 valence electrons. The number of morpholine rings is 1. The van der Waals surface area contributed by atoms with Crippen LogP contribution in [0.4, 0.5) is 0 Å². The molecule has 1 atom stereocenters. The number of H-pyrrole nitrogens is 1. The fourth-order valence-corrected chi connectivity index (χ4v) is 3.87. The Morgan fingerprint density at radius 2 is 2.09 bits per heavy atom. The van der Waals surface area contributed by atoms with E-state index in [9.17, 15) is 13.2 Å². The maximum atomic E-state index is 12.5. The number of ether oxygens (including phenoxy) is 2. The fraction of sp³-hybridized carbons (Fsp3) is 0.643. The van der Waals surface area contributed by atoms with Crippen LogP contribution in [0.15, 0.2) is 17.2 Å². The first kappa shape index (κ1) is 15.5. The summed E-state index contributed by atoms with van der Waals surface area (Å²) in [6.07, 6.45) is 3.37. The molecule has 2 aliphatic rings. The lowest BCUT2D eigenvalue weighted by molar-refractivity contribution is 0.0288. The first-order valence-electron chi connectivity index (χ1n) is 7.46. The summed E-state index contributed by atoms with van der Waals surface area (Å²) in [6, 6.07) is 1.34. The SMILES string of the molecule is CC(OC(=O)c1cc(S(=O)(=O)N2CCOCC2)c[nH]1)C1CC1. The van der Waals surface area contributed by atoms with E-state index in [0.29, 0.717) is 32.2 Å². The molecule has 1 aliphatic heterocycles. The van der Waals surface area contributed by atoms with E-state index in [0.717, 1.165) is 12.8 Å². The summed E-state index contributed by atoms with van der Waals surface area (Å²) < 4.78 is 36.8. The standard InChI is InChI=1S/C14H20N2O5S/c1-10(11-2-3-11)21-14(17)13-8-12(9-15-13)22(18,19)16-4-6-20-7-5-16/h8-11,15H,2-7H2,1H3. The number of hydrogen-bond acceptors (Lipinski definition) is 5. The topological polar surface area (TPSA) is 88.7 Å². The van der Waals surface area contributed by atoms with Gasteiger partial charge in [0.2, 0.25) is 10.0 Å². The zero-order valence-electron chi connectivity index (χ0n) is 12.4. The van der Waals surface area contributed by atoms with Crippen molar-refractivity contribution in [2.45, 2.75) is 30.8 Å². The number of carbonyl (C=O) groups excluding carboxylic acids is 1. The van der Waals surface area contributed by atoms with Crippen LogP contribution in [0.2, 0.25) is 0 Å². The molecule has 7 nitrogen and oxygen atoms in total. The molecule has 0 aromatic carbocycles. The second kappa shape index (κ2) is 6.02. The van der Waals surface area contributed by atoms with Gasteiger partial charge < -0.3 is 14.5 Å². The summed E-state index contributed by atoms with van der Waals surface area (Å²) in [7, 11) is -3.59. The number of hydrogen-bond donors (Lipinski definition) is 1. The summed E-state index contributed by atoms with van der Waals surface area (Å²) in [4.78, 5) is 14.8. The van der Waals surface area contributed by atoms with Crippen molar-refractivity contribution >= 4 is 16.0 Å². The molecule has 0 amide bonds. The van der Waals surface area contributed by atoms with Crippen LogP contribution in [0.1, 0.15) is 30.3 Å². The molecule has 1 N–H and O–H groups in total. The van der Waals surface area contributed by atoms with Gasteiger partial charge in [-0.15, -0.1) is 0 Å². The maximum Gasteiger partial charge on any atom is 0.355 e. The highest BCUT2D eigenvalue weighted by Gasteiger charge is 2.32. The third-order valence-electron chi connectivity index (χ3n) is 4.06. The van der Waals surface area contributed by atoms with Crippen LogP contribution in [0.25, 0.3) is 0 Å².